The fraction of sp³-hybridized carbons (Fsp3) is 0.440. The van der Waals surface area contributed by atoms with Gasteiger partial charge in [-0.2, -0.15) is 0 Å². The Kier molecular flexibility index (Phi) is 6.43. The number of hydrogen-bond donors (Lipinski definition) is 0. The van der Waals surface area contributed by atoms with Crippen LogP contribution >= 0.6 is 11.6 Å². The lowest BCUT2D eigenvalue weighted by atomic mass is 9.93. The van der Waals surface area contributed by atoms with E-state index in [0.717, 1.165) is 42.5 Å². The van der Waals surface area contributed by atoms with Crippen molar-refractivity contribution in [3.8, 4) is 11.1 Å². The number of carbonyl (C=O) groups is 2. The number of methoxy groups -OCH3 is 1. The van der Waals surface area contributed by atoms with Crippen molar-refractivity contribution in [1.82, 2.24) is 4.90 Å². The number of carbonyl (C=O) groups excluding carboxylic acids is 2. The number of likely N-dealkylation sites (tertiary alicyclic amines) is 1. The largest absolute Gasteiger partial charge is 0.465 e. The summed E-state index contributed by atoms with van der Waals surface area (Å²) < 4.78 is 4.81. The number of hydrogen-bond acceptors (Lipinski definition) is 3. The lowest BCUT2D eigenvalue weighted by Gasteiger charge is -2.31. The number of rotatable bonds is 5. The second-order valence-corrected chi connectivity index (χ2v) is 8.80. The fourth-order valence-corrected chi connectivity index (χ4v) is 5.07. The summed E-state index contributed by atoms with van der Waals surface area (Å²) in [7, 11) is 1.38. The summed E-state index contributed by atoms with van der Waals surface area (Å²) in [5, 5.41) is 0.667. The van der Waals surface area contributed by atoms with Gasteiger partial charge in [-0.15, -0.1) is 0 Å². The summed E-state index contributed by atoms with van der Waals surface area (Å²) in [5.74, 6) is -0.0346. The molecule has 1 saturated heterocycles. The van der Waals surface area contributed by atoms with Crippen LogP contribution in [0, 0.1) is 5.92 Å². The van der Waals surface area contributed by atoms with Gasteiger partial charge in [0.1, 0.15) is 0 Å². The highest BCUT2D eigenvalue weighted by atomic mass is 35.5. The Morgan fingerprint density at radius 2 is 1.83 bits per heavy atom. The molecular formula is C25H28ClNO3. The maximum absolute atomic E-state index is 13.0. The van der Waals surface area contributed by atoms with Gasteiger partial charge in [0.05, 0.1) is 12.7 Å². The summed E-state index contributed by atoms with van der Waals surface area (Å²) in [6.45, 7) is 0.879. The molecule has 1 aliphatic carbocycles. The van der Waals surface area contributed by atoms with Crippen molar-refractivity contribution in [1.29, 1.82) is 0 Å². The second-order valence-electron chi connectivity index (χ2n) is 8.39. The van der Waals surface area contributed by atoms with Crippen LogP contribution < -0.4 is 0 Å². The first kappa shape index (κ1) is 20.9. The predicted molar refractivity (Wildman–Crippen MR) is 119 cm³/mol. The lowest BCUT2D eigenvalue weighted by Crippen LogP contribution is -2.39. The van der Waals surface area contributed by atoms with Crippen molar-refractivity contribution in [3.63, 3.8) is 0 Å². The summed E-state index contributed by atoms with van der Waals surface area (Å²) >= 11 is 6.60. The zero-order valence-corrected chi connectivity index (χ0v) is 18.2. The molecule has 2 fully saturated rings. The Morgan fingerprint density at radius 3 is 2.57 bits per heavy atom. The monoisotopic (exact) mass is 425 g/mol. The van der Waals surface area contributed by atoms with Gasteiger partial charge in [0.2, 0.25) is 5.91 Å². The predicted octanol–water partition coefficient (Wildman–Crippen LogP) is 5.52. The summed E-state index contributed by atoms with van der Waals surface area (Å²) in [6, 6.07) is 13.7. The van der Waals surface area contributed by atoms with Crippen LogP contribution in [0.15, 0.2) is 42.5 Å². The van der Waals surface area contributed by atoms with Crippen molar-refractivity contribution >= 4 is 23.5 Å². The molecule has 1 amide bonds. The van der Waals surface area contributed by atoms with Gasteiger partial charge < -0.3 is 9.64 Å². The normalized spacial score (nSPS) is 19.9. The number of nitrogens with zero attached hydrogens (tertiary/aromatic N) is 1. The van der Waals surface area contributed by atoms with Crippen molar-refractivity contribution < 1.29 is 14.3 Å². The third-order valence-electron chi connectivity index (χ3n) is 6.50. The molecule has 2 aromatic carbocycles. The van der Waals surface area contributed by atoms with Gasteiger partial charge >= 0.3 is 5.97 Å². The minimum Gasteiger partial charge on any atom is -0.465 e. The molecule has 0 aromatic heterocycles. The van der Waals surface area contributed by atoms with Gasteiger partial charge in [-0.25, -0.2) is 4.79 Å². The number of esters is 1. The SMILES string of the molecule is COC(=O)c1cccc(-c2ccc(CC3CCN(C4CCCCC4)C3=O)c(Cl)c2)c1. The van der Waals surface area contributed by atoms with Crippen LogP contribution in [0.1, 0.15) is 54.4 Å². The minimum atomic E-state index is -0.359. The number of halogens is 1. The molecule has 1 saturated carbocycles. The molecule has 1 atom stereocenters. The molecule has 1 heterocycles. The number of ether oxygens (including phenoxy) is 1. The van der Waals surface area contributed by atoms with E-state index < -0.39 is 0 Å². The molecule has 4 nitrogen and oxygen atoms in total. The van der Waals surface area contributed by atoms with E-state index in [1.54, 1.807) is 12.1 Å². The molecule has 2 aliphatic rings. The van der Waals surface area contributed by atoms with E-state index in [4.69, 9.17) is 16.3 Å². The van der Waals surface area contributed by atoms with Crippen LogP contribution in [-0.2, 0) is 16.0 Å². The lowest BCUT2D eigenvalue weighted by molar-refractivity contribution is -0.133. The number of benzene rings is 2. The Morgan fingerprint density at radius 1 is 1.07 bits per heavy atom. The van der Waals surface area contributed by atoms with E-state index in [1.807, 2.05) is 30.3 Å². The molecule has 2 aromatic rings. The molecule has 0 radical (unpaired) electrons. The van der Waals surface area contributed by atoms with Gasteiger partial charge in [0, 0.05) is 23.5 Å². The third kappa shape index (κ3) is 4.39. The summed E-state index contributed by atoms with van der Waals surface area (Å²) in [5.41, 5.74) is 3.37. The molecule has 4 rings (SSSR count). The third-order valence-corrected chi connectivity index (χ3v) is 6.85. The average molecular weight is 426 g/mol. The van der Waals surface area contributed by atoms with Crippen LogP contribution in [0.4, 0.5) is 0 Å². The quantitative estimate of drug-likeness (QED) is 0.593. The van der Waals surface area contributed by atoms with Crippen molar-refractivity contribution in [2.45, 2.75) is 51.0 Å². The van der Waals surface area contributed by atoms with Crippen LogP contribution in [0.2, 0.25) is 5.02 Å². The van der Waals surface area contributed by atoms with E-state index in [9.17, 15) is 9.59 Å². The Balaban J connectivity index is 1.46. The zero-order valence-electron chi connectivity index (χ0n) is 17.4. The Hall–Kier alpha value is -2.33. The molecule has 5 heteroatoms. The zero-order chi connectivity index (χ0) is 21.1. The smallest absolute Gasteiger partial charge is 0.337 e. The maximum atomic E-state index is 13.0. The first-order valence-electron chi connectivity index (χ1n) is 10.8. The van der Waals surface area contributed by atoms with Gasteiger partial charge in [-0.05, 0) is 60.6 Å². The highest BCUT2D eigenvalue weighted by Crippen LogP contribution is 2.33. The molecule has 1 aliphatic heterocycles. The second kappa shape index (κ2) is 9.22. The van der Waals surface area contributed by atoms with E-state index in [-0.39, 0.29) is 11.9 Å². The van der Waals surface area contributed by atoms with Crippen molar-refractivity contribution in [2.75, 3.05) is 13.7 Å². The van der Waals surface area contributed by atoms with E-state index in [1.165, 1.54) is 26.4 Å². The van der Waals surface area contributed by atoms with Gasteiger partial charge in [0.25, 0.3) is 0 Å². The maximum Gasteiger partial charge on any atom is 0.337 e. The van der Waals surface area contributed by atoms with Crippen molar-refractivity contribution in [2.24, 2.45) is 5.92 Å². The Bertz CT molecular complexity index is 936. The van der Waals surface area contributed by atoms with E-state index >= 15 is 0 Å². The summed E-state index contributed by atoms with van der Waals surface area (Å²) in [4.78, 5) is 26.9. The first-order chi connectivity index (χ1) is 14.6. The van der Waals surface area contributed by atoms with Gasteiger partial charge in [-0.3, -0.25) is 4.79 Å². The minimum absolute atomic E-state index is 0.0259. The first-order valence-corrected chi connectivity index (χ1v) is 11.2. The molecule has 30 heavy (non-hydrogen) atoms. The molecule has 0 bridgehead atoms. The average Bonchev–Trinajstić information content (AvgIpc) is 3.15. The molecule has 0 spiro atoms. The number of amides is 1. The van der Waals surface area contributed by atoms with Crippen LogP contribution in [-0.4, -0.2) is 36.5 Å². The topological polar surface area (TPSA) is 46.6 Å². The standard InChI is InChI=1S/C25H28ClNO3/c1-30-25(29)21-7-5-6-17(14-21)18-10-11-19(23(26)16-18)15-20-12-13-27(24(20)28)22-8-3-2-4-9-22/h5-7,10-11,14,16,20,22H,2-4,8-9,12-13,15H2,1H3. The summed E-state index contributed by atoms with van der Waals surface area (Å²) in [6.07, 6.45) is 7.68. The molecule has 1 unspecified atom stereocenters. The van der Waals surface area contributed by atoms with Crippen LogP contribution in [0.5, 0.6) is 0 Å². The fourth-order valence-electron chi connectivity index (χ4n) is 4.81. The highest BCUT2D eigenvalue weighted by molar-refractivity contribution is 6.31. The van der Waals surface area contributed by atoms with Crippen molar-refractivity contribution in [3.05, 3.63) is 58.6 Å². The van der Waals surface area contributed by atoms with E-state index in [0.29, 0.717) is 29.0 Å². The molecule has 158 valence electrons. The molecule has 0 N–H and O–H groups in total. The van der Waals surface area contributed by atoms with Crippen LogP contribution in [0.3, 0.4) is 0 Å². The van der Waals surface area contributed by atoms with E-state index in [2.05, 4.69) is 4.90 Å². The van der Waals surface area contributed by atoms with Gasteiger partial charge in [0.15, 0.2) is 0 Å². The van der Waals surface area contributed by atoms with Crippen LogP contribution in [0.25, 0.3) is 11.1 Å². The Labute approximate surface area is 183 Å². The molecular weight excluding hydrogens is 398 g/mol. The van der Waals surface area contributed by atoms with Gasteiger partial charge in [-0.1, -0.05) is 55.1 Å². The highest BCUT2D eigenvalue weighted by Gasteiger charge is 2.36.